The number of carbonyl (C=O) groups excluding carboxylic acids is 1. The summed E-state index contributed by atoms with van der Waals surface area (Å²) < 4.78 is 13.6. The Balaban J connectivity index is 2.18. The van der Waals surface area contributed by atoms with Crippen molar-refractivity contribution < 1.29 is 19.1 Å². The highest BCUT2D eigenvalue weighted by Gasteiger charge is 2.16. The lowest BCUT2D eigenvalue weighted by molar-refractivity contribution is -0.115. The fraction of sp³-hybridized carbons (Fsp3) is 0.0714. The second-order valence-corrected chi connectivity index (χ2v) is 4.01. The zero-order chi connectivity index (χ0) is 14.5. The summed E-state index contributed by atoms with van der Waals surface area (Å²) in [6, 6.07) is 8.67. The first-order chi connectivity index (χ1) is 9.58. The molecule has 1 aromatic heterocycles. The molecule has 0 aliphatic heterocycles. The minimum Gasteiger partial charge on any atom is -0.478 e. The Kier molecular flexibility index (Phi) is 4.05. The monoisotopic (exact) mass is 274 g/mol. The van der Waals surface area contributed by atoms with Crippen LogP contribution in [0.3, 0.4) is 0 Å². The predicted octanol–water partition coefficient (Wildman–Crippen LogP) is 2.10. The molecule has 1 heterocycles. The molecule has 2 rings (SSSR count). The van der Waals surface area contributed by atoms with Gasteiger partial charge in [0.1, 0.15) is 5.82 Å². The van der Waals surface area contributed by atoms with Crippen molar-refractivity contribution in [1.82, 2.24) is 4.98 Å². The second kappa shape index (κ2) is 5.92. The molecular formula is C14H11FN2O3. The number of hydrogen-bond acceptors (Lipinski definition) is 3. The Hall–Kier alpha value is -2.76. The number of aromatic nitrogens is 1. The van der Waals surface area contributed by atoms with Gasteiger partial charge in [-0.05, 0) is 24.3 Å². The van der Waals surface area contributed by atoms with Crippen LogP contribution < -0.4 is 5.32 Å². The van der Waals surface area contributed by atoms with E-state index in [1.165, 1.54) is 18.3 Å². The molecule has 1 amide bonds. The van der Waals surface area contributed by atoms with Crippen LogP contribution in [-0.4, -0.2) is 22.0 Å². The number of carbonyl (C=O) groups is 2. The van der Waals surface area contributed by atoms with E-state index in [1.54, 1.807) is 18.2 Å². The Labute approximate surface area is 114 Å². The van der Waals surface area contributed by atoms with Crippen molar-refractivity contribution in [1.29, 1.82) is 0 Å². The first kappa shape index (κ1) is 13.7. The molecular weight excluding hydrogens is 263 g/mol. The lowest BCUT2D eigenvalue weighted by Gasteiger charge is -2.09. The molecule has 0 aliphatic rings. The van der Waals surface area contributed by atoms with Gasteiger partial charge in [0.25, 0.3) is 0 Å². The Morgan fingerprint density at radius 2 is 2.00 bits per heavy atom. The summed E-state index contributed by atoms with van der Waals surface area (Å²) in [6.45, 7) is 0. The largest absolute Gasteiger partial charge is 0.478 e. The summed E-state index contributed by atoms with van der Waals surface area (Å²) >= 11 is 0. The number of nitrogens with zero attached hydrogens (tertiary/aromatic N) is 1. The van der Waals surface area contributed by atoms with Crippen LogP contribution in [0.1, 0.15) is 16.1 Å². The number of benzene rings is 1. The highest BCUT2D eigenvalue weighted by atomic mass is 19.1. The van der Waals surface area contributed by atoms with Gasteiger partial charge in [-0.1, -0.05) is 12.1 Å². The Bertz CT molecular complexity index is 644. The average Bonchev–Trinajstić information content (AvgIpc) is 2.42. The third-order valence-electron chi connectivity index (χ3n) is 2.58. The minimum absolute atomic E-state index is 0.0613. The molecule has 0 fully saturated rings. The fourth-order valence-electron chi connectivity index (χ4n) is 1.68. The maximum Gasteiger partial charge on any atom is 0.337 e. The summed E-state index contributed by atoms with van der Waals surface area (Å²) in [5, 5.41) is 11.2. The summed E-state index contributed by atoms with van der Waals surface area (Å²) in [5.41, 5.74) is -0.112. The first-order valence-electron chi connectivity index (χ1n) is 5.79. The van der Waals surface area contributed by atoms with E-state index in [0.717, 1.165) is 6.07 Å². The van der Waals surface area contributed by atoms with Crippen molar-refractivity contribution in [2.24, 2.45) is 0 Å². The predicted molar refractivity (Wildman–Crippen MR) is 69.9 cm³/mol. The van der Waals surface area contributed by atoms with Crippen LogP contribution in [0.15, 0.2) is 42.6 Å². The van der Waals surface area contributed by atoms with Crippen molar-refractivity contribution >= 4 is 17.6 Å². The number of carboxylic acid groups (broad SMARTS) is 1. The fourth-order valence-corrected chi connectivity index (χ4v) is 1.68. The molecule has 0 saturated heterocycles. The molecule has 0 unspecified atom stereocenters. The highest BCUT2D eigenvalue weighted by Crippen LogP contribution is 2.20. The van der Waals surface area contributed by atoms with Crippen molar-refractivity contribution in [3.63, 3.8) is 0 Å². The maximum absolute atomic E-state index is 13.6. The number of carboxylic acids is 1. The lowest BCUT2D eigenvalue weighted by atomic mass is 10.1. The quantitative estimate of drug-likeness (QED) is 0.894. The normalized spacial score (nSPS) is 10.1. The van der Waals surface area contributed by atoms with Crippen LogP contribution in [0.25, 0.3) is 0 Å². The molecule has 20 heavy (non-hydrogen) atoms. The van der Waals surface area contributed by atoms with Gasteiger partial charge in [-0.25, -0.2) is 9.18 Å². The van der Waals surface area contributed by atoms with Crippen LogP contribution in [0.4, 0.5) is 10.1 Å². The topological polar surface area (TPSA) is 79.3 Å². The highest BCUT2D eigenvalue weighted by molar-refractivity contribution is 6.01. The van der Waals surface area contributed by atoms with Gasteiger partial charge < -0.3 is 10.4 Å². The lowest BCUT2D eigenvalue weighted by Crippen LogP contribution is -2.18. The first-order valence-corrected chi connectivity index (χ1v) is 5.79. The molecule has 5 nitrogen and oxygen atoms in total. The van der Waals surface area contributed by atoms with Crippen molar-refractivity contribution in [3.05, 3.63) is 59.7 Å². The van der Waals surface area contributed by atoms with Gasteiger partial charge in [-0.2, -0.15) is 0 Å². The number of para-hydroxylation sites is 1. The molecule has 2 N–H and O–H groups in total. The van der Waals surface area contributed by atoms with E-state index in [2.05, 4.69) is 10.3 Å². The van der Waals surface area contributed by atoms with Crippen LogP contribution in [0.2, 0.25) is 0 Å². The average molecular weight is 274 g/mol. The molecule has 6 heteroatoms. The minimum atomic E-state index is -1.31. The van der Waals surface area contributed by atoms with E-state index >= 15 is 0 Å². The van der Waals surface area contributed by atoms with Crippen LogP contribution in [0.5, 0.6) is 0 Å². The van der Waals surface area contributed by atoms with Gasteiger partial charge in [0.15, 0.2) is 0 Å². The van der Waals surface area contributed by atoms with E-state index < -0.39 is 17.7 Å². The van der Waals surface area contributed by atoms with Crippen molar-refractivity contribution in [2.45, 2.75) is 6.42 Å². The van der Waals surface area contributed by atoms with E-state index in [0.29, 0.717) is 5.69 Å². The van der Waals surface area contributed by atoms with Gasteiger partial charge in [-0.15, -0.1) is 0 Å². The van der Waals surface area contributed by atoms with E-state index in [-0.39, 0.29) is 17.7 Å². The molecule has 102 valence electrons. The Morgan fingerprint density at radius 3 is 2.65 bits per heavy atom. The number of pyridine rings is 1. The summed E-state index contributed by atoms with van der Waals surface area (Å²) in [6.07, 6.45) is 1.47. The number of amides is 1. The number of aromatic carboxylic acids is 1. The molecule has 0 atom stereocenters. The summed E-state index contributed by atoms with van der Waals surface area (Å²) in [5.74, 6) is -2.63. The number of halogens is 1. The smallest absolute Gasteiger partial charge is 0.337 e. The van der Waals surface area contributed by atoms with E-state index in [9.17, 15) is 14.0 Å². The van der Waals surface area contributed by atoms with Gasteiger partial charge >= 0.3 is 5.97 Å². The van der Waals surface area contributed by atoms with Crippen molar-refractivity contribution in [2.75, 3.05) is 5.32 Å². The van der Waals surface area contributed by atoms with Crippen molar-refractivity contribution in [3.8, 4) is 0 Å². The maximum atomic E-state index is 13.6. The van der Waals surface area contributed by atoms with Gasteiger partial charge in [0, 0.05) is 11.9 Å². The third kappa shape index (κ3) is 3.17. The molecule has 0 saturated carbocycles. The number of hydrogen-bond donors (Lipinski definition) is 2. The van der Waals surface area contributed by atoms with Gasteiger partial charge in [-0.3, -0.25) is 9.78 Å². The molecule has 0 spiro atoms. The number of rotatable bonds is 4. The zero-order valence-corrected chi connectivity index (χ0v) is 10.3. The van der Waals surface area contributed by atoms with Crippen LogP contribution >= 0.6 is 0 Å². The second-order valence-electron chi connectivity index (χ2n) is 4.01. The van der Waals surface area contributed by atoms with E-state index in [4.69, 9.17) is 5.11 Å². The summed E-state index contributed by atoms with van der Waals surface area (Å²) in [7, 11) is 0. The van der Waals surface area contributed by atoms with Gasteiger partial charge in [0.05, 0.1) is 17.7 Å². The molecule has 0 radical (unpaired) electrons. The third-order valence-corrected chi connectivity index (χ3v) is 2.58. The Morgan fingerprint density at radius 1 is 1.20 bits per heavy atom. The molecule has 0 bridgehead atoms. The van der Waals surface area contributed by atoms with Crippen LogP contribution in [0, 0.1) is 5.82 Å². The number of nitrogens with one attached hydrogen (secondary N) is 1. The van der Waals surface area contributed by atoms with Gasteiger partial charge in [0.2, 0.25) is 5.91 Å². The summed E-state index contributed by atoms with van der Waals surface area (Å²) in [4.78, 5) is 26.8. The molecule has 0 aliphatic carbocycles. The SMILES string of the molecule is O=C(Cc1ccccn1)Nc1c(F)cccc1C(=O)O. The molecule has 1 aromatic carbocycles. The zero-order valence-electron chi connectivity index (χ0n) is 10.3. The van der Waals surface area contributed by atoms with E-state index in [1.807, 2.05) is 0 Å². The van der Waals surface area contributed by atoms with Crippen LogP contribution in [-0.2, 0) is 11.2 Å². The number of anilines is 1. The molecule has 2 aromatic rings. The standard InChI is InChI=1S/C14H11FN2O3/c15-11-6-3-5-10(14(19)20)13(11)17-12(18)8-9-4-1-2-7-16-9/h1-7H,8H2,(H,17,18)(H,19,20).